The summed E-state index contributed by atoms with van der Waals surface area (Å²) in [5.74, 6) is -0.192. The number of hydrogen-bond donors (Lipinski definition) is 2. The molecule has 4 nitrogen and oxygen atoms in total. The standard InChI is InChI=1S/C16H18N2O2/c1-16(2,10-12-6-4-3-5-7-12)18-15(20)13-8-9-14(19)17-11-13/h3-9,11H,10H2,1-2H3,(H,17,19)(H,18,20). The van der Waals surface area contributed by atoms with Crippen molar-refractivity contribution >= 4 is 5.91 Å². The van der Waals surface area contributed by atoms with Gasteiger partial charge >= 0.3 is 0 Å². The number of pyridine rings is 1. The van der Waals surface area contributed by atoms with E-state index < -0.39 is 0 Å². The van der Waals surface area contributed by atoms with Crippen LogP contribution in [-0.2, 0) is 6.42 Å². The molecule has 0 saturated carbocycles. The monoisotopic (exact) mass is 270 g/mol. The minimum atomic E-state index is -0.366. The van der Waals surface area contributed by atoms with E-state index in [1.54, 1.807) is 0 Å². The quantitative estimate of drug-likeness (QED) is 0.894. The fourth-order valence-corrected chi connectivity index (χ4v) is 2.08. The highest BCUT2D eigenvalue weighted by atomic mass is 16.2. The molecule has 104 valence electrons. The maximum Gasteiger partial charge on any atom is 0.253 e. The molecule has 0 saturated heterocycles. The van der Waals surface area contributed by atoms with Crippen LogP contribution < -0.4 is 10.9 Å². The van der Waals surface area contributed by atoms with E-state index in [1.165, 1.54) is 23.9 Å². The van der Waals surface area contributed by atoms with Crippen molar-refractivity contribution in [3.8, 4) is 0 Å². The van der Waals surface area contributed by atoms with Gasteiger partial charge < -0.3 is 10.3 Å². The average molecular weight is 270 g/mol. The first-order valence-electron chi connectivity index (χ1n) is 6.51. The number of benzene rings is 1. The average Bonchev–Trinajstić information content (AvgIpc) is 2.39. The predicted molar refractivity (Wildman–Crippen MR) is 78.8 cm³/mol. The Kier molecular flexibility index (Phi) is 4.03. The summed E-state index contributed by atoms with van der Waals surface area (Å²) >= 11 is 0. The normalized spacial score (nSPS) is 11.1. The Morgan fingerprint density at radius 2 is 1.85 bits per heavy atom. The lowest BCUT2D eigenvalue weighted by molar-refractivity contribution is 0.0912. The number of hydrogen-bond acceptors (Lipinski definition) is 2. The molecule has 1 amide bonds. The summed E-state index contributed by atoms with van der Waals surface area (Å²) in [7, 11) is 0. The van der Waals surface area contributed by atoms with E-state index in [-0.39, 0.29) is 17.0 Å². The smallest absolute Gasteiger partial charge is 0.253 e. The van der Waals surface area contributed by atoms with E-state index in [2.05, 4.69) is 10.3 Å². The van der Waals surface area contributed by atoms with Crippen molar-refractivity contribution in [2.75, 3.05) is 0 Å². The highest BCUT2D eigenvalue weighted by molar-refractivity contribution is 5.94. The van der Waals surface area contributed by atoms with Gasteiger partial charge in [-0.1, -0.05) is 30.3 Å². The molecule has 1 aromatic carbocycles. The molecular weight excluding hydrogens is 252 g/mol. The van der Waals surface area contributed by atoms with Crippen molar-refractivity contribution in [2.24, 2.45) is 0 Å². The molecule has 20 heavy (non-hydrogen) atoms. The largest absolute Gasteiger partial charge is 0.347 e. The molecular formula is C16H18N2O2. The number of carbonyl (C=O) groups excluding carboxylic acids is 1. The molecule has 0 fully saturated rings. The second-order valence-electron chi connectivity index (χ2n) is 5.44. The molecule has 0 aliphatic heterocycles. The lowest BCUT2D eigenvalue weighted by Crippen LogP contribution is -2.45. The molecule has 4 heteroatoms. The minimum absolute atomic E-state index is 0.192. The molecule has 0 aliphatic rings. The number of amides is 1. The molecule has 0 atom stereocenters. The Morgan fingerprint density at radius 3 is 2.45 bits per heavy atom. The summed E-state index contributed by atoms with van der Waals surface area (Å²) in [5.41, 5.74) is 1.03. The maximum absolute atomic E-state index is 12.1. The van der Waals surface area contributed by atoms with Gasteiger partial charge in [-0.2, -0.15) is 0 Å². The van der Waals surface area contributed by atoms with Gasteiger partial charge in [0.15, 0.2) is 0 Å². The van der Waals surface area contributed by atoms with Crippen LogP contribution in [0.2, 0.25) is 0 Å². The van der Waals surface area contributed by atoms with Gasteiger partial charge in [0, 0.05) is 17.8 Å². The van der Waals surface area contributed by atoms with Crippen molar-refractivity contribution in [2.45, 2.75) is 25.8 Å². The van der Waals surface area contributed by atoms with Gasteiger partial charge in [-0.3, -0.25) is 9.59 Å². The molecule has 1 heterocycles. The van der Waals surface area contributed by atoms with Crippen molar-refractivity contribution in [1.29, 1.82) is 0 Å². The van der Waals surface area contributed by atoms with Gasteiger partial charge in [-0.05, 0) is 31.9 Å². The van der Waals surface area contributed by atoms with Gasteiger partial charge in [-0.15, -0.1) is 0 Å². The Balaban J connectivity index is 2.06. The molecule has 0 aliphatic carbocycles. The summed E-state index contributed by atoms with van der Waals surface area (Å²) in [6, 6.07) is 12.9. The predicted octanol–water partition coefficient (Wildman–Crippen LogP) is 2.13. The van der Waals surface area contributed by atoms with E-state index in [0.717, 1.165) is 6.42 Å². The van der Waals surface area contributed by atoms with Crippen molar-refractivity contribution in [3.63, 3.8) is 0 Å². The van der Waals surface area contributed by atoms with Crippen LogP contribution in [0.25, 0.3) is 0 Å². The first kappa shape index (κ1) is 14.1. The zero-order valence-electron chi connectivity index (χ0n) is 11.6. The Hall–Kier alpha value is -2.36. The van der Waals surface area contributed by atoms with Crippen LogP contribution in [0, 0.1) is 0 Å². The first-order valence-corrected chi connectivity index (χ1v) is 6.51. The van der Waals surface area contributed by atoms with Crippen molar-refractivity contribution < 1.29 is 4.79 Å². The van der Waals surface area contributed by atoms with Crippen LogP contribution in [0.4, 0.5) is 0 Å². The molecule has 0 unspecified atom stereocenters. The topological polar surface area (TPSA) is 62.0 Å². The van der Waals surface area contributed by atoms with Crippen LogP contribution in [0.3, 0.4) is 0 Å². The van der Waals surface area contributed by atoms with Crippen LogP contribution in [-0.4, -0.2) is 16.4 Å². The SMILES string of the molecule is CC(C)(Cc1ccccc1)NC(=O)c1ccc(=O)[nH]c1. The zero-order chi connectivity index (χ0) is 14.6. The van der Waals surface area contributed by atoms with Gasteiger partial charge in [0.25, 0.3) is 5.91 Å². The van der Waals surface area contributed by atoms with Gasteiger partial charge in [0.05, 0.1) is 5.56 Å². The number of aromatic nitrogens is 1. The van der Waals surface area contributed by atoms with E-state index in [1.807, 2.05) is 44.2 Å². The van der Waals surface area contributed by atoms with Gasteiger partial charge in [0.1, 0.15) is 0 Å². The molecule has 2 N–H and O–H groups in total. The number of H-pyrrole nitrogens is 1. The van der Waals surface area contributed by atoms with Crippen molar-refractivity contribution in [1.82, 2.24) is 10.3 Å². The van der Waals surface area contributed by atoms with E-state index >= 15 is 0 Å². The molecule has 2 aromatic rings. The first-order chi connectivity index (χ1) is 9.46. The fraction of sp³-hybridized carbons (Fsp3) is 0.250. The minimum Gasteiger partial charge on any atom is -0.347 e. The van der Waals surface area contributed by atoms with Crippen LogP contribution in [0.1, 0.15) is 29.8 Å². The molecule has 0 bridgehead atoms. The third kappa shape index (κ3) is 3.82. The van der Waals surface area contributed by atoms with Crippen molar-refractivity contribution in [3.05, 3.63) is 70.1 Å². The summed E-state index contributed by atoms with van der Waals surface area (Å²) < 4.78 is 0. The van der Waals surface area contributed by atoms with Gasteiger partial charge in [-0.25, -0.2) is 0 Å². The Bertz CT molecular complexity index is 625. The van der Waals surface area contributed by atoms with Crippen LogP contribution >= 0.6 is 0 Å². The maximum atomic E-state index is 12.1. The number of carbonyl (C=O) groups is 1. The Morgan fingerprint density at radius 1 is 1.15 bits per heavy atom. The summed E-state index contributed by atoms with van der Waals surface area (Å²) in [4.78, 5) is 25.6. The second-order valence-corrected chi connectivity index (χ2v) is 5.44. The van der Waals surface area contributed by atoms with Crippen LogP contribution in [0.15, 0.2) is 53.5 Å². The highest BCUT2D eigenvalue weighted by Gasteiger charge is 2.21. The number of nitrogens with one attached hydrogen (secondary N) is 2. The molecule has 2 rings (SSSR count). The number of rotatable bonds is 4. The van der Waals surface area contributed by atoms with E-state index in [0.29, 0.717) is 5.56 Å². The third-order valence-electron chi connectivity index (χ3n) is 2.99. The fourth-order valence-electron chi connectivity index (χ4n) is 2.08. The Labute approximate surface area is 117 Å². The molecule has 1 aromatic heterocycles. The third-order valence-corrected chi connectivity index (χ3v) is 2.99. The number of aromatic amines is 1. The van der Waals surface area contributed by atoms with E-state index in [9.17, 15) is 9.59 Å². The second kappa shape index (κ2) is 5.74. The molecule has 0 spiro atoms. The lowest BCUT2D eigenvalue weighted by Gasteiger charge is -2.26. The molecule has 0 radical (unpaired) electrons. The summed E-state index contributed by atoms with van der Waals surface area (Å²) in [5, 5.41) is 2.98. The summed E-state index contributed by atoms with van der Waals surface area (Å²) in [6.45, 7) is 3.95. The van der Waals surface area contributed by atoms with Gasteiger partial charge in [0.2, 0.25) is 5.56 Å². The zero-order valence-corrected chi connectivity index (χ0v) is 11.6. The summed E-state index contributed by atoms with van der Waals surface area (Å²) in [6.07, 6.45) is 2.17. The lowest BCUT2D eigenvalue weighted by atomic mass is 9.94. The van der Waals surface area contributed by atoms with Crippen LogP contribution in [0.5, 0.6) is 0 Å². The van der Waals surface area contributed by atoms with E-state index in [4.69, 9.17) is 0 Å². The highest BCUT2D eigenvalue weighted by Crippen LogP contribution is 2.13.